The van der Waals surface area contributed by atoms with Gasteiger partial charge in [-0.2, -0.15) is 4.31 Å². The molecule has 0 N–H and O–H groups in total. The lowest BCUT2D eigenvalue weighted by Gasteiger charge is -2.34. The van der Waals surface area contributed by atoms with Crippen LogP contribution in [0.5, 0.6) is 0 Å². The number of carbonyl (C=O) groups is 1. The van der Waals surface area contributed by atoms with E-state index in [0.717, 1.165) is 12.8 Å². The molecule has 116 valence electrons. The number of rotatable bonds is 4. The van der Waals surface area contributed by atoms with Gasteiger partial charge in [-0.1, -0.05) is 12.1 Å². The summed E-state index contributed by atoms with van der Waals surface area (Å²) in [7, 11) is 0.533. The van der Waals surface area contributed by atoms with E-state index >= 15 is 0 Å². The van der Waals surface area contributed by atoms with Gasteiger partial charge in [0.1, 0.15) is 0 Å². The fourth-order valence-electron chi connectivity index (χ4n) is 2.62. The lowest BCUT2D eigenvalue weighted by atomic mass is 10.1. The molecular weight excluding hydrogens is 288 g/mol. The molecule has 0 spiro atoms. The number of sulfonamides is 1. The van der Waals surface area contributed by atoms with Gasteiger partial charge in [-0.3, -0.25) is 4.79 Å². The zero-order chi connectivity index (χ0) is 15.6. The molecule has 1 aliphatic rings. The van der Waals surface area contributed by atoms with Gasteiger partial charge in [0.2, 0.25) is 10.0 Å². The molecule has 21 heavy (non-hydrogen) atoms. The van der Waals surface area contributed by atoms with Gasteiger partial charge >= 0.3 is 0 Å². The third kappa shape index (κ3) is 3.51. The van der Waals surface area contributed by atoms with Crippen molar-refractivity contribution >= 4 is 15.8 Å². The Bertz CT molecular complexity index is 618. The molecule has 1 aliphatic heterocycles. The molecule has 0 atom stereocenters. The highest BCUT2D eigenvalue weighted by Gasteiger charge is 2.30. The van der Waals surface area contributed by atoms with Crippen molar-refractivity contribution in [1.29, 1.82) is 0 Å². The molecule has 0 aromatic heterocycles. The average Bonchev–Trinajstić information content (AvgIpc) is 2.47. The van der Waals surface area contributed by atoms with Crippen molar-refractivity contribution in [3.8, 4) is 0 Å². The summed E-state index contributed by atoms with van der Waals surface area (Å²) in [6.07, 6.45) is 1.66. The molecule has 0 saturated carbocycles. The molecular formula is C15H22N2O3S. The van der Waals surface area contributed by atoms with Crippen LogP contribution in [-0.2, 0) is 10.0 Å². The Kier molecular flexibility index (Phi) is 4.81. The third-order valence-corrected chi connectivity index (χ3v) is 5.93. The van der Waals surface area contributed by atoms with Gasteiger partial charge in [0, 0.05) is 24.7 Å². The Labute approximate surface area is 126 Å². The van der Waals surface area contributed by atoms with Gasteiger partial charge in [0.25, 0.3) is 0 Å². The van der Waals surface area contributed by atoms with Crippen LogP contribution >= 0.6 is 0 Å². The first-order valence-corrected chi connectivity index (χ1v) is 8.54. The van der Waals surface area contributed by atoms with Crippen LogP contribution in [0.25, 0.3) is 0 Å². The normalized spacial score (nSPS) is 18.1. The molecule has 0 radical (unpaired) electrons. The zero-order valence-electron chi connectivity index (χ0n) is 12.7. The number of piperidine rings is 1. The summed E-state index contributed by atoms with van der Waals surface area (Å²) >= 11 is 0. The van der Waals surface area contributed by atoms with Gasteiger partial charge in [0.05, 0.1) is 4.90 Å². The Morgan fingerprint density at radius 3 is 2.38 bits per heavy atom. The van der Waals surface area contributed by atoms with Crippen molar-refractivity contribution in [3.05, 3.63) is 29.8 Å². The summed E-state index contributed by atoms with van der Waals surface area (Å²) in [5, 5.41) is 0. The summed E-state index contributed by atoms with van der Waals surface area (Å²) in [5.74, 6) is -0.127. The second kappa shape index (κ2) is 6.25. The number of ketones is 1. The van der Waals surface area contributed by atoms with E-state index in [2.05, 4.69) is 4.90 Å². The average molecular weight is 310 g/mol. The highest BCUT2D eigenvalue weighted by molar-refractivity contribution is 7.89. The zero-order valence-corrected chi connectivity index (χ0v) is 13.6. The van der Waals surface area contributed by atoms with E-state index in [-0.39, 0.29) is 10.7 Å². The summed E-state index contributed by atoms with van der Waals surface area (Å²) in [4.78, 5) is 13.8. The van der Waals surface area contributed by atoms with Crippen LogP contribution in [0.1, 0.15) is 30.1 Å². The van der Waals surface area contributed by atoms with E-state index in [1.807, 2.05) is 14.1 Å². The van der Waals surface area contributed by atoms with Crippen LogP contribution in [0.15, 0.2) is 29.2 Å². The van der Waals surface area contributed by atoms with Crippen LogP contribution in [0.2, 0.25) is 0 Å². The standard InChI is InChI=1S/C15H22N2O3S/c1-12(18)13-5-4-6-15(11-13)21(19,20)17-9-7-14(8-10-17)16(2)3/h4-6,11,14H,7-10H2,1-3H3. The van der Waals surface area contributed by atoms with Crippen molar-refractivity contribution in [2.45, 2.75) is 30.7 Å². The summed E-state index contributed by atoms with van der Waals surface area (Å²) in [5.41, 5.74) is 0.430. The minimum Gasteiger partial charge on any atom is -0.306 e. The van der Waals surface area contributed by atoms with Crippen LogP contribution in [-0.4, -0.2) is 56.6 Å². The molecule has 1 heterocycles. The van der Waals surface area contributed by atoms with Gasteiger partial charge in [-0.15, -0.1) is 0 Å². The molecule has 1 aromatic rings. The maximum absolute atomic E-state index is 12.6. The first kappa shape index (κ1) is 16.1. The second-order valence-corrected chi connectivity index (χ2v) is 7.62. The van der Waals surface area contributed by atoms with Crippen molar-refractivity contribution in [2.24, 2.45) is 0 Å². The minimum atomic E-state index is -3.50. The maximum atomic E-state index is 12.6. The topological polar surface area (TPSA) is 57.7 Å². The molecule has 1 aromatic carbocycles. The smallest absolute Gasteiger partial charge is 0.243 e. The quantitative estimate of drug-likeness (QED) is 0.793. The summed E-state index contributed by atoms with van der Waals surface area (Å²) in [6, 6.07) is 6.71. The predicted molar refractivity (Wildman–Crippen MR) is 81.9 cm³/mol. The van der Waals surface area contributed by atoms with E-state index in [0.29, 0.717) is 24.7 Å². The molecule has 0 aliphatic carbocycles. The van der Waals surface area contributed by atoms with Gasteiger partial charge in [-0.05, 0) is 46.0 Å². The Morgan fingerprint density at radius 1 is 1.24 bits per heavy atom. The van der Waals surface area contributed by atoms with Crippen LogP contribution in [0.3, 0.4) is 0 Å². The Balaban J connectivity index is 2.19. The van der Waals surface area contributed by atoms with E-state index < -0.39 is 10.0 Å². The summed E-state index contributed by atoms with van der Waals surface area (Å²) in [6.45, 7) is 2.49. The summed E-state index contributed by atoms with van der Waals surface area (Å²) < 4.78 is 26.8. The highest BCUT2D eigenvalue weighted by atomic mass is 32.2. The van der Waals surface area contributed by atoms with Crippen molar-refractivity contribution in [1.82, 2.24) is 9.21 Å². The molecule has 6 heteroatoms. The molecule has 0 unspecified atom stereocenters. The molecule has 2 rings (SSSR count). The minimum absolute atomic E-state index is 0.127. The van der Waals surface area contributed by atoms with Crippen molar-refractivity contribution in [3.63, 3.8) is 0 Å². The number of Topliss-reactive ketones (excluding diaryl/α,β-unsaturated/α-hetero) is 1. The van der Waals surface area contributed by atoms with E-state index in [1.165, 1.54) is 17.3 Å². The monoisotopic (exact) mass is 310 g/mol. The molecule has 1 fully saturated rings. The molecule has 0 amide bonds. The third-order valence-electron chi connectivity index (χ3n) is 4.03. The Morgan fingerprint density at radius 2 is 1.86 bits per heavy atom. The Hall–Kier alpha value is -1.24. The second-order valence-electron chi connectivity index (χ2n) is 5.68. The first-order chi connectivity index (χ1) is 9.82. The number of nitrogens with zero attached hydrogens (tertiary/aromatic N) is 2. The van der Waals surface area contributed by atoms with Crippen LogP contribution in [0.4, 0.5) is 0 Å². The molecule has 1 saturated heterocycles. The SMILES string of the molecule is CC(=O)c1cccc(S(=O)(=O)N2CCC(N(C)C)CC2)c1. The fourth-order valence-corrected chi connectivity index (χ4v) is 4.14. The highest BCUT2D eigenvalue weighted by Crippen LogP contribution is 2.23. The first-order valence-electron chi connectivity index (χ1n) is 7.10. The largest absolute Gasteiger partial charge is 0.306 e. The number of benzene rings is 1. The van der Waals surface area contributed by atoms with Gasteiger partial charge < -0.3 is 4.90 Å². The van der Waals surface area contributed by atoms with E-state index in [1.54, 1.807) is 18.2 Å². The van der Waals surface area contributed by atoms with Gasteiger partial charge in [-0.25, -0.2) is 8.42 Å². The predicted octanol–water partition coefficient (Wildman–Crippen LogP) is 1.60. The maximum Gasteiger partial charge on any atom is 0.243 e. The number of hydrogen-bond donors (Lipinski definition) is 0. The van der Waals surface area contributed by atoms with Crippen LogP contribution < -0.4 is 0 Å². The van der Waals surface area contributed by atoms with E-state index in [4.69, 9.17) is 0 Å². The van der Waals surface area contributed by atoms with Crippen molar-refractivity contribution in [2.75, 3.05) is 27.2 Å². The van der Waals surface area contributed by atoms with Crippen molar-refractivity contribution < 1.29 is 13.2 Å². The van der Waals surface area contributed by atoms with E-state index in [9.17, 15) is 13.2 Å². The molecule has 5 nitrogen and oxygen atoms in total. The molecule has 0 bridgehead atoms. The number of hydrogen-bond acceptors (Lipinski definition) is 4. The van der Waals surface area contributed by atoms with Crippen LogP contribution in [0, 0.1) is 0 Å². The van der Waals surface area contributed by atoms with Gasteiger partial charge in [0.15, 0.2) is 5.78 Å². The lowest BCUT2D eigenvalue weighted by Crippen LogP contribution is -2.44. The fraction of sp³-hybridized carbons (Fsp3) is 0.533. The number of carbonyl (C=O) groups excluding carboxylic acids is 1. The lowest BCUT2D eigenvalue weighted by molar-refractivity contribution is 0.101.